The molecular formula is C70H136O17P2. The third-order valence-electron chi connectivity index (χ3n) is 16.3. The molecule has 0 aliphatic carbocycles. The van der Waals surface area contributed by atoms with E-state index >= 15 is 0 Å². The lowest BCUT2D eigenvalue weighted by Gasteiger charge is -2.21. The Morgan fingerprint density at radius 1 is 0.303 bits per heavy atom. The predicted octanol–water partition coefficient (Wildman–Crippen LogP) is 20.1. The van der Waals surface area contributed by atoms with Crippen LogP contribution >= 0.6 is 15.6 Å². The minimum absolute atomic E-state index is 0.106. The largest absolute Gasteiger partial charge is 0.472 e. The smallest absolute Gasteiger partial charge is 0.462 e. The number of phosphoric ester groups is 2. The monoisotopic (exact) mass is 1310 g/mol. The summed E-state index contributed by atoms with van der Waals surface area (Å²) >= 11 is 0. The van der Waals surface area contributed by atoms with Crippen LogP contribution in [-0.4, -0.2) is 96.7 Å². The molecule has 0 heterocycles. The van der Waals surface area contributed by atoms with Crippen LogP contribution in [0.1, 0.15) is 362 Å². The molecule has 0 amide bonds. The molecule has 528 valence electrons. The minimum Gasteiger partial charge on any atom is -0.462 e. The Morgan fingerprint density at radius 2 is 0.517 bits per heavy atom. The Bertz CT molecular complexity index is 1720. The number of carbonyl (C=O) groups excluding carboxylic acids is 4. The van der Waals surface area contributed by atoms with Gasteiger partial charge in [-0.05, 0) is 31.6 Å². The van der Waals surface area contributed by atoms with Gasteiger partial charge in [-0.15, -0.1) is 0 Å². The second-order valence-corrected chi connectivity index (χ2v) is 28.7. The number of hydrogen-bond donors (Lipinski definition) is 3. The SMILES string of the molecule is CCCCCCCCCCCCCCCCCC(=O)OC[C@H](COP(=O)(O)OC[C@@H](O)COP(=O)(O)OC[C@@H](COC(=O)CCCCCCC)OC(=O)CCCCCCCCCCCCC)OC(=O)CCCCCCCCCCCCCCCCCC(C)C. The highest BCUT2D eigenvalue weighted by atomic mass is 31.2. The summed E-state index contributed by atoms with van der Waals surface area (Å²) in [7, 11) is -9.89. The van der Waals surface area contributed by atoms with E-state index in [0.717, 1.165) is 102 Å². The number of carbonyl (C=O) groups is 4. The van der Waals surface area contributed by atoms with Crippen LogP contribution in [0.5, 0.6) is 0 Å². The van der Waals surface area contributed by atoms with Gasteiger partial charge in [-0.1, -0.05) is 311 Å². The highest BCUT2D eigenvalue weighted by Gasteiger charge is 2.30. The maximum Gasteiger partial charge on any atom is 0.472 e. The van der Waals surface area contributed by atoms with Crippen LogP contribution in [0.15, 0.2) is 0 Å². The summed E-state index contributed by atoms with van der Waals surface area (Å²) in [5.74, 6) is -1.33. The maximum atomic E-state index is 13.0. The van der Waals surface area contributed by atoms with Crippen LogP contribution in [0.2, 0.25) is 0 Å². The molecule has 0 aromatic heterocycles. The first-order valence-corrected chi connectivity index (χ1v) is 39.6. The second-order valence-electron chi connectivity index (χ2n) is 25.7. The van der Waals surface area contributed by atoms with Gasteiger partial charge < -0.3 is 33.8 Å². The number of hydrogen-bond acceptors (Lipinski definition) is 15. The Hall–Kier alpha value is -1.94. The standard InChI is InChI=1S/C70H136O17P2/c1-6-9-12-15-17-19-21-22-24-28-32-35-39-44-49-54-68(73)81-60-66(87-70(75)56-51-46-41-37-33-29-26-23-25-27-31-34-38-43-47-52-63(4)5)62-85-89(78,79)83-58-64(71)57-82-88(76,77)84-61-65(59-80-67(72)53-48-42-14-11-8-3)86-69(74)55-50-45-40-36-30-20-18-16-13-10-7-2/h63-66,71H,6-62H2,1-5H3,(H,76,77)(H,78,79)/t64-,65+,66+/m0/s1. The zero-order chi connectivity index (χ0) is 65.6. The fourth-order valence-corrected chi connectivity index (χ4v) is 12.2. The molecule has 19 heteroatoms. The van der Waals surface area contributed by atoms with Crippen molar-refractivity contribution in [1.29, 1.82) is 0 Å². The molecule has 0 aromatic rings. The zero-order valence-electron chi connectivity index (χ0n) is 57.6. The lowest BCUT2D eigenvalue weighted by molar-refractivity contribution is -0.161. The van der Waals surface area contributed by atoms with Crippen LogP contribution in [0.3, 0.4) is 0 Å². The van der Waals surface area contributed by atoms with Crippen molar-refractivity contribution in [2.24, 2.45) is 5.92 Å². The molecular weight excluding hydrogens is 1170 g/mol. The minimum atomic E-state index is -4.95. The van der Waals surface area contributed by atoms with Crippen molar-refractivity contribution in [2.75, 3.05) is 39.6 Å². The second kappa shape index (κ2) is 63.5. The third kappa shape index (κ3) is 64.6. The summed E-state index contributed by atoms with van der Waals surface area (Å²) in [6, 6.07) is 0. The number of ether oxygens (including phenoxy) is 4. The molecule has 0 radical (unpaired) electrons. The van der Waals surface area contributed by atoms with Gasteiger partial charge in [0.25, 0.3) is 0 Å². The first-order chi connectivity index (χ1) is 43.0. The fourth-order valence-electron chi connectivity index (χ4n) is 10.6. The van der Waals surface area contributed by atoms with Crippen LogP contribution in [0.4, 0.5) is 0 Å². The fraction of sp³-hybridized carbons (Fsp3) is 0.943. The van der Waals surface area contributed by atoms with Crippen molar-refractivity contribution in [1.82, 2.24) is 0 Å². The zero-order valence-corrected chi connectivity index (χ0v) is 59.4. The van der Waals surface area contributed by atoms with Gasteiger partial charge in [-0.25, -0.2) is 9.13 Å². The normalized spacial score (nSPS) is 14.1. The van der Waals surface area contributed by atoms with E-state index in [0.29, 0.717) is 25.7 Å². The molecule has 0 saturated heterocycles. The van der Waals surface area contributed by atoms with Crippen molar-refractivity contribution in [3.8, 4) is 0 Å². The van der Waals surface area contributed by atoms with E-state index in [1.165, 1.54) is 180 Å². The first kappa shape index (κ1) is 87.1. The van der Waals surface area contributed by atoms with Gasteiger partial charge in [-0.3, -0.25) is 37.3 Å². The van der Waals surface area contributed by atoms with Gasteiger partial charge in [0.1, 0.15) is 19.3 Å². The molecule has 17 nitrogen and oxygen atoms in total. The van der Waals surface area contributed by atoms with Gasteiger partial charge >= 0.3 is 39.5 Å². The molecule has 0 fully saturated rings. The van der Waals surface area contributed by atoms with Crippen LogP contribution < -0.4 is 0 Å². The van der Waals surface area contributed by atoms with Gasteiger partial charge in [0, 0.05) is 25.7 Å². The summed E-state index contributed by atoms with van der Waals surface area (Å²) in [5.41, 5.74) is 0. The lowest BCUT2D eigenvalue weighted by atomic mass is 10.0. The average Bonchev–Trinajstić information content (AvgIpc) is 3.53. The van der Waals surface area contributed by atoms with E-state index in [1.54, 1.807) is 0 Å². The molecule has 3 N–H and O–H groups in total. The van der Waals surface area contributed by atoms with E-state index in [1.807, 2.05) is 0 Å². The first-order valence-electron chi connectivity index (χ1n) is 36.6. The highest BCUT2D eigenvalue weighted by molar-refractivity contribution is 7.47. The quantitative estimate of drug-likeness (QED) is 0.0222. The van der Waals surface area contributed by atoms with E-state index in [-0.39, 0.29) is 25.7 Å². The molecule has 0 bridgehead atoms. The predicted molar refractivity (Wildman–Crippen MR) is 358 cm³/mol. The molecule has 89 heavy (non-hydrogen) atoms. The van der Waals surface area contributed by atoms with E-state index in [2.05, 4.69) is 34.6 Å². The molecule has 0 saturated carbocycles. The summed E-state index contributed by atoms with van der Waals surface area (Å²) < 4.78 is 68.1. The number of aliphatic hydroxyl groups is 1. The number of aliphatic hydroxyl groups excluding tert-OH is 1. The summed E-state index contributed by atoms with van der Waals surface area (Å²) in [6.07, 6.45) is 50.3. The van der Waals surface area contributed by atoms with Crippen LogP contribution in [-0.2, 0) is 65.4 Å². The summed E-state index contributed by atoms with van der Waals surface area (Å²) in [6.45, 7) is 7.19. The van der Waals surface area contributed by atoms with Gasteiger partial charge in [0.15, 0.2) is 12.2 Å². The highest BCUT2D eigenvalue weighted by Crippen LogP contribution is 2.45. The lowest BCUT2D eigenvalue weighted by Crippen LogP contribution is -2.30. The molecule has 0 aromatic carbocycles. The molecule has 2 unspecified atom stereocenters. The topological polar surface area (TPSA) is 237 Å². The van der Waals surface area contributed by atoms with Crippen LogP contribution in [0.25, 0.3) is 0 Å². The van der Waals surface area contributed by atoms with Crippen molar-refractivity contribution in [3.63, 3.8) is 0 Å². The Morgan fingerprint density at radius 3 is 0.764 bits per heavy atom. The van der Waals surface area contributed by atoms with Gasteiger partial charge in [0.05, 0.1) is 26.4 Å². The molecule has 0 spiro atoms. The average molecular weight is 1310 g/mol. The number of phosphoric acid groups is 2. The summed E-state index contributed by atoms with van der Waals surface area (Å²) in [5, 5.41) is 10.6. The van der Waals surface area contributed by atoms with E-state index in [4.69, 9.17) is 37.0 Å². The molecule has 5 atom stereocenters. The van der Waals surface area contributed by atoms with Crippen molar-refractivity contribution < 1.29 is 80.2 Å². The van der Waals surface area contributed by atoms with Gasteiger partial charge in [0.2, 0.25) is 0 Å². The van der Waals surface area contributed by atoms with Crippen molar-refractivity contribution >= 4 is 39.5 Å². The Balaban J connectivity index is 5.15. The van der Waals surface area contributed by atoms with E-state index in [9.17, 15) is 43.2 Å². The third-order valence-corrected chi connectivity index (χ3v) is 18.2. The van der Waals surface area contributed by atoms with Gasteiger partial charge in [-0.2, -0.15) is 0 Å². The Kier molecular flexibility index (Phi) is 62.1. The van der Waals surface area contributed by atoms with Crippen LogP contribution in [0, 0.1) is 5.92 Å². The maximum absolute atomic E-state index is 13.0. The molecule has 0 rings (SSSR count). The Labute approximate surface area is 543 Å². The number of unbranched alkanes of at least 4 members (excludes halogenated alkanes) is 42. The van der Waals surface area contributed by atoms with E-state index < -0.39 is 97.5 Å². The summed E-state index contributed by atoms with van der Waals surface area (Å²) in [4.78, 5) is 72.2. The van der Waals surface area contributed by atoms with Crippen molar-refractivity contribution in [2.45, 2.75) is 380 Å². The number of esters is 4. The molecule has 0 aliphatic rings. The number of rotatable bonds is 70. The van der Waals surface area contributed by atoms with Crippen molar-refractivity contribution in [3.05, 3.63) is 0 Å². The molecule has 0 aliphatic heterocycles.